The van der Waals surface area contributed by atoms with E-state index >= 15 is 0 Å². The smallest absolute Gasteiger partial charge is 0.192 e. The maximum atomic E-state index is 6.11. The van der Waals surface area contributed by atoms with Crippen LogP contribution in [0.4, 0.5) is 0 Å². The first-order chi connectivity index (χ1) is 7.28. The average Bonchev–Trinajstić information content (AvgIpc) is 2.88. The Labute approximate surface area is 101 Å². The number of ether oxygens (including phenoxy) is 1. The lowest BCUT2D eigenvalue weighted by molar-refractivity contribution is 0.242. The SMILES string of the molecule is CC/C=C\[C@H]1O[C@@H]1CO[Si](C)(C)C(C)(C)C. The van der Waals surface area contributed by atoms with Crippen molar-refractivity contribution in [1.29, 1.82) is 0 Å². The summed E-state index contributed by atoms with van der Waals surface area (Å²) < 4.78 is 11.6. The first-order valence-electron chi connectivity index (χ1n) is 6.24. The predicted molar refractivity (Wildman–Crippen MR) is 71.2 cm³/mol. The topological polar surface area (TPSA) is 21.8 Å². The number of rotatable bonds is 5. The molecule has 16 heavy (non-hydrogen) atoms. The van der Waals surface area contributed by atoms with E-state index in [2.05, 4.69) is 52.9 Å². The zero-order chi connectivity index (χ0) is 12.4. The van der Waals surface area contributed by atoms with Gasteiger partial charge in [0.2, 0.25) is 0 Å². The number of hydrogen-bond acceptors (Lipinski definition) is 2. The molecule has 0 spiro atoms. The van der Waals surface area contributed by atoms with Crippen molar-refractivity contribution < 1.29 is 9.16 Å². The summed E-state index contributed by atoms with van der Waals surface area (Å²) >= 11 is 0. The minimum absolute atomic E-state index is 0.288. The summed E-state index contributed by atoms with van der Waals surface area (Å²) in [5.41, 5.74) is 0. The molecule has 0 unspecified atom stereocenters. The summed E-state index contributed by atoms with van der Waals surface area (Å²) in [5, 5.41) is 0.288. The highest BCUT2D eigenvalue weighted by atomic mass is 28.4. The molecular weight excluding hydrogens is 216 g/mol. The summed E-state index contributed by atoms with van der Waals surface area (Å²) in [6.07, 6.45) is 6.01. The van der Waals surface area contributed by atoms with Crippen LogP contribution in [0.15, 0.2) is 12.2 Å². The van der Waals surface area contributed by atoms with Gasteiger partial charge in [-0.05, 0) is 24.6 Å². The van der Waals surface area contributed by atoms with Gasteiger partial charge in [0, 0.05) is 0 Å². The summed E-state index contributed by atoms with van der Waals surface area (Å²) in [4.78, 5) is 0. The van der Waals surface area contributed by atoms with Gasteiger partial charge in [-0.3, -0.25) is 0 Å². The van der Waals surface area contributed by atoms with E-state index in [1.807, 2.05) is 0 Å². The van der Waals surface area contributed by atoms with E-state index in [4.69, 9.17) is 9.16 Å². The summed E-state index contributed by atoms with van der Waals surface area (Å²) in [6, 6.07) is 0. The van der Waals surface area contributed by atoms with Gasteiger partial charge in [0.15, 0.2) is 8.32 Å². The Morgan fingerprint density at radius 2 is 1.94 bits per heavy atom. The van der Waals surface area contributed by atoms with Crippen LogP contribution in [0.5, 0.6) is 0 Å². The average molecular weight is 242 g/mol. The van der Waals surface area contributed by atoms with Gasteiger partial charge < -0.3 is 9.16 Å². The molecule has 1 heterocycles. The Morgan fingerprint density at radius 3 is 2.44 bits per heavy atom. The fourth-order valence-corrected chi connectivity index (χ4v) is 2.25. The molecule has 0 radical (unpaired) electrons. The minimum Gasteiger partial charge on any atom is -0.414 e. The quantitative estimate of drug-likeness (QED) is 0.416. The number of allylic oxidation sites excluding steroid dienone is 1. The molecule has 0 bridgehead atoms. The minimum atomic E-state index is -1.59. The zero-order valence-electron chi connectivity index (χ0n) is 11.5. The first-order valence-corrected chi connectivity index (χ1v) is 9.15. The largest absolute Gasteiger partial charge is 0.414 e. The van der Waals surface area contributed by atoms with E-state index in [0.29, 0.717) is 12.2 Å². The van der Waals surface area contributed by atoms with Gasteiger partial charge in [-0.15, -0.1) is 0 Å². The van der Waals surface area contributed by atoms with Crippen LogP contribution in [0.3, 0.4) is 0 Å². The van der Waals surface area contributed by atoms with Gasteiger partial charge in [0.1, 0.15) is 12.2 Å². The van der Waals surface area contributed by atoms with Crippen molar-refractivity contribution >= 4 is 8.32 Å². The van der Waals surface area contributed by atoms with Crippen LogP contribution in [0, 0.1) is 0 Å². The highest BCUT2D eigenvalue weighted by Gasteiger charge is 2.42. The van der Waals surface area contributed by atoms with Crippen molar-refractivity contribution in [2.45, 2.75) is 64.5 Å². The fourth-order valence-electron chi connectivity index (χ4n) is 1.24. The molecule has 2 atom stereocenters. The third kappa shape index (κ3) is 3.72. The molecular formula is C13H26O2Si. The Bertz CT molecular complexity index is 253. The van der Waals surface area contributed by atoms with Crippen LogP contribution in [0.25, 0.3) is 0 Å². The molecule has 0 aromatic carbocycles. The molecule has 0 saturated carbocycles. The Balaban J connectivity index is 2.30. The monoisotopic (exact) mass is 242 g/mol. The zero-order valence-corrected chi connectivity index (χ0v) is 12.5. The van der Waals surface area contributed by atoms with Gasteiger partial charge in [-0.1, -0.05) is 39.8 Å². The molecule has 0 aromatic heterocycles. The van der Waals surface area contributed by atoms with E-state index in [1.54, 1.807) is 0 Å². The van der Waals surface area contributed by atoms with Crippen molar-refractivity contribution in [3.63, 3.8) is 0 Å². The molecule has 1 saturated heterocycles. The van der Waals surface area contributed by atoms with E-state index < -0.39 is 8.32 Å². The van der Waals surface area contributed by atoms with E-state index in [0.717, 1.165) is 13.0 Å². The maximum Gasteiger partial charge on any atom is 0.192 e. The van der Waals surface area contributed by atoms with Gasteiger partial charge in [-0.25, -0.2) is 0 Å². The highest BCUT2D eigenvalue weighted by molar-refractivity contribution is 6.74. The Hall–Kier alpha value is -0.123. The maximum absolute atomic E-state index is 6.11. The van der Waals surface area contributed by atoms with E-state index in [1.165, 1.54) is 0 Å². The van der Waals surface area contributed by atoms with Gasteiger partial charge in [0.25, 0.3) is 0 Å². The van der Waals surface area contributed by atoms with Crippen molar-refractivity contribution in [3.05, 3.63) is 12.2 Å². The molecule has 1 rings (SSSR count). The number of epoxide rings is 1. The summed E-state index contributed by atoms with van der Waals surface area (Å²) in [6.45, 7) is 14.3. The Kier molecular flexibility index (Phi) is 4.38. The second-order valence-corrected chi connectivity index (χ2v) is 10.9. The standard InChI is InChI=1S/C13H26O2Si/c1-7-8-9-11-12(15-11)10-14-16(5,6)13(2,3)4/h8-9,11-12H,7,10H2,1-6H3/b9-8-/t11-,12-/m1/s1. The molecule has 1 aliphatic heterocycles. The van der Waals surface area contributed by atoms with Gasteiger partial charge in [-0.2, -0.15) is 0 Å². The molecule has 0 N–H and O–H groups in total. The van der Waals surface area contributed by atoms with Crippen molar-refractivity contribution in [3.8, 4) is 0 Å². The summed E-state index contributed by atoms with van der Waals surface area (Å²) in [5.74, 6) is 0. The second-order valence-electron chi connectivity index (χ2n) is 6.05. The van der Waals surface area contributed by atoms with E-state index in [9.17, 15) is 0 Å². The molecule has 1 aliphatic rings. The third-order valence-corrected chi connectivity index (χ3v) is 8.10. The molecule has 0 amide bonds. The van der Waals surface area contributed by atoms with Crippen LogP contribution < -0.4 is 0 Å². The lowest BCUT2D eigenvalue weighted by atomic mass is 10.2. The predicted octanol–water partition coefficient (Wildman–Crippen LogP) is 3.74. The molecule has 3 heteroatoms. The Morgan fingerprint density at radius 1 is 1.31 bits per heavy atom. The van der Waals surface area contributed by atoms with Crippen molar-refractivity contribution in [2.75, 3.05) is 6.61 Å². The van der Waals surface area contributed by atoms with Gasteiger partial charge in [0.05, 0.1) is 6.61 Å². The van der Waals surface area contributed by atoms with Gasteiger partial charge >= 0.3 is 0 Å². The lowest BCUT2D eigenvalue weighted by Crippen LogP contribution is -2.41. The highest BCUT2D eigenvalue weighted by Crippen LogP contribution is 2.37. The molecule has 2 nitrogen and oxygen atoms in total. The molecule has 0 aliphatic carbocycles. The summed E-state index contributed by atoms with van der Waals surface area (Å²) in [7, 11) is -1.59. The fraction of sp³-hybridized carbons (Fsp3) is 0.846. The molecule has 1 fully saturated rings. The first kappa shape index (κ1) is 13.9. The van der Waals surface area contributed by atoms with Crippen molar-refractivity contribution in [1.82, 2.24) is 0 Å². The second kappa shape index (κ2) is 5.03. The third-order valence-electron chi connectivity index (χ3n) is 3.60. The van der Waals surface area contributed by atoms with Crippen molar-refractivity contribution in [2.24, 2.45) is 0 Å². The van der Waals surface area contributed by atoms with Crippen LogP contribution in [-0.4, -0.2) is 27.1 Å². The van der Waals surface area contributed by atoms with Crippen LogP contribution in [-0.2, 0) is 9.16 Å². The van der Waals surface area contributed by atoms with Crippen LogP contribution in [0.1, 0.15) is 34.1 Å². The molecule has 94 valence electrons. The lowest BCUT2D eigenvalue weighted by Gasteiger charge is -2.35. The van der Waals surface area contributed by atoms with Crippen LogP contribution >= 0.6 is 0 Å². The normalized spacial score (nSPS) is 26.4. The van der Waals surface area contributed by atoms with Crippen LogP contribution in [0.2, 0.25) is 18.1 Å². The molecule has 0 aromatic rings. The van der Waals surface area contributed by atoms with E-state index in [-0.39, 0.29) is 5.04 Å². The number of hydrogen-bond donors (Lipinski definition) is 0.